The molecule has 1 amide bonds. The van der Waals surface area contributed by atoms with Crippen LogP contribution >= 0.6 is 27.7 Å². The second-order valence-corrected chi connectivity index (χ2v) is 10.2. The van der Waals surface area contributed by atoms with E-state index < -0.39 is 6.17 Å². The van der Waals surface area contributed by atoms with Crippen LogP contribution in [0.15, 0.2) is 87.4 Å². The van der Waals surface area contributed by atoms with Crippen LogP contribution in [0, 0.1) is 0 Å². The molecule has 1 atom stereocenters. The van der Waals surface area contributed by atoms with Gasteiger partial charge in [0.25, 0.3) is 5.91 Å². The second-order valence-electron chi connectivity index (χ2n) is 8.23. The Morgan fingerprint density at radius 1 is 1.09 bits per heavy atom. The lowest BCUT2D eigenvalue weighted by Gasteiger charge is -2.34. The Labute approximate surface area is 216 Å². The lowest BCUT2D eigenvalue weighted by molar-refractivity contribution is -0.116. The summed E-state index contributed by atoms with van der Waals surface area (Å²) in [6.07, 6.45) is 1.59. The number of carbonyl (C=O) groups is 1. The minimum Gasteiger partial charge on any atom is -0.488 e. The maximum Gasteiger partial charge on any atom is 0.276 e. The molecule has 0 spiro atoms. The minimum absolute atomic E-state index is 0.173. The molecule has 0 saturated heterocycles. The Kier molecular flexibility index (Phi) is 7.20. The average molecular weight is 549 g/mol. The number of benzene rings is 3. The molecule has 2 heterocycles. The first-order chi connectivity index (χ1) is 17.1. The van der Waals surface area contributed by atoms with Crippen LogP contribution in [0.1, 0.15) is 37.1 Å². The fourth-order valence-electron chi connectivity index (χ4n) is 4.00. The van der Waals surface area contributed by atoms with Gasteiger partial charge >= 0.3 is 0 Å². The number of fused-ring (bicyclic) bond motifs is 2. The van der Waals surface area contributed by atoms with Crippen molar-refractivity contribution >= 4 is 44.5 Å². The largest absolute Gasteiger partial charge is 0.488 e. The molecular formula is C27H25BrN4O2S. The highest BCUT2D eigenvalue weighted by Gasteiger charge is 2.35. The summed E-state index contributed by atoms with van der Waals surface area (Å²) in [6.45, 7) is 2.58. The molecule has 178 valence electrons. The van der Waals surface area contributed by atoms with Gasteiger partial charge in [-0.15, -0.1) is 5.10 Å². The van der Waals surface area contributed by atoms with Gasteiger partial charge in [-0.1, -0.05) is 89.6 Å². The second kappa shape index (κ2) is 10.7. The van der Waals surface area contributed by atoms with Crippen molar-refractivity contribution in [3.05, 3.63) is 99.0 Å². The minimum atomic E-state index is -0.545. The number of thioether (sulfide) groups is 1. The van der Waals surface area contributed by atoms with Gasteiger partial charge in [0.15, 0.2) is 11.3 Å². The molecule has 8 heteroatoms. The zero-order valence-electron chi connectivity index (χ0n) is 19.3. The topological polar surface area (TPSA) is 66.3 Å². The third-order valence-electron chi connectivity index (χ3n) is 5.74. The van der Waals surface area contributed by atoms with Crippen molar-refractivity contribution < 1.29 is 9.53 Å². The SMILES string of the molecule is CCCCSC1=NN2C(=c3ccccc3=N[C@H]2c2cc(Br)ccc2OCc2ccccc2)C(=O)N1. The average Bonchev–Trinajstić information content (AvgIpc) is 2.88. The number of amidine groups is 1. The third-order valence-corrected chi connectivity index (χ3v) is 7.18. The van der Waals surface area contributed by atoms with Gasteiger partial charge in [0, 0.05) is 21.0 Å². The molecule has 5 rings (SSSR count). The summed E-state index contributed by atoms with van der Waals surface area (Å²) in [5, 5.41) is 11.7. The monoisotopic (exact) mass is 548 g/mol. The predicted octanol–water partition coefficient (Wildman–Crippen LogP) is 4.70. The van der Waals surface area contributed by atoms with E-state index in [0.717, 1.165) is 44.8 Å². The van der Waals surface area contributed by atoms with Crippen molar-refractivity contribution in [2.75, 3.05) is 5.75 Å². The Morgan fingerprint density at radius 2 is 1.89 bits per heavy atom. The van der Waals surface area contributed by atoms with Crippen LogP contribution in [0.2, 0.25) is 0 Å². The molecule has 3 aromatic rings. The summed E-state index contributed by atoms with van der Waals surface area (Å²) in [6, 6.07) is 23.6. The summed E-state index contributed by atoms with van der Waals surface area (Å²) in [5.74, 6) is 1.42. The first kappa shape index (κ1) is 23.6. The Morgan fingerprint density at radius 3 is 2.71 bits per heavy atom. The standard InChI is InChI=1S/C27H25BrN4O2S/c1-2-3-15-35-27-30-26(33)24-20-11-7-8-12-22(20)29-25(32(24)31-27)21-16-19(28)13-14-23(21)34-17-18-9-5-4-6-10-18/h4-14,16,25H,2-3,15,17H2,1H3,(H,30,31,33)/t25-/m1/s1. The lowest BCUT2D eigenvalue weighted by Crippen LogP contribution is -2.50. The van der Waals surface area contributed by atoms with Crippen molar-refractivity contribution in [1.29, 1.82) is 0 Å². The maximum absolute atomic E-state index is 13.3. The van der Waals surface area contributed by atoms with E-state index in [-0.39, 0.29) is 5.91 Å². The quantitative estimate of drug-likeness (QED) is 0.434. The molecule has 35 heavy (non-hydrogen) atoms. The Balaban J connectivity index is 1.58. The van der Waals surface area contributed by atoms with Crippen LogP contribution in [0.4, 0.5) is 0 Å². The van der Waals surface area contributed by atoms with Crippen LogP contribution in [0.25, 0.3) is 5.70 Å². The number of amides is 1. The van der Waals surface area contributed by atoms with Crippen LogP contribution in [0.5, 0.6) is 5.75 Å². The van der Waals surface area contributed by atoms with Crippen molar-refractivity contribution in [3.63, 3.8) is 0 Å². The molecule has 2 aliphatic rings. The number of hydrogen-bond acceptors (Lipinski definition) is 6. The van der Waals surface area contributed by atoms with Gasteiger partial charge in [0.05, 0.1) is 5.36 Å². The van der Waals surface area contributed by atoms with E-state index in [2.05, 4.69) is 28.2 Å². The van der Waals surface area contributed by atoms with E-state index in [1.165, 1.54) is 0 Å². The molecule has 0 fully saturated rings. The van der Waals surface area contributed by atoms with Crippen LogP contribution in [-0.4, -0.2) is 21.8 Å². The Hall–Kier alpha value is -3.10. The number of carbonyl (C=O) groups excluding carboxylic acids is 1. The molecule has 0 saturated carbocycles. The van der Waals surface area contributed by atoms with Gasteiger partial charge in [-0.05, 0) is 36.2 Å². The number of ether oxygens (including phenoxy) is 1. The number of rotatable bonds is 7. The summed E-state index contributed by atoms with van der Waals surface area (Å²) in [7, 11) is 0. The molecule has 0 bridgehead atoms. The van der Waals surface area contributed by atoms with Gasteiger partial charge in [-0.3, -0.25) is 15.1 Å². The highest BCUT2D eigenvalue weighted by molar-refractivity contribution is 9.10. The van der Waals surface area contributed by atoms with Gasteiger partial charge in [0.2, 0.25) is 0 Å². The zero-order chi connectivity index (χ0) is 24.2. The third kappa shape index (κ3) is 5.13. The van der Waals surface area contributed by atoms with Gasteiger partial charge in [-0.25, -0.2) is 5.01 Å². The van der Waals surface area contributed by atoms with E-state index in [0.29, 0.717) is 23.2 Å². The molecule has 0 aromatic heterocycles. The summed E-state index contributed by atoms with van der Waals surface area (Å²) < 4.78 is 7.16. The summed E-state index contributed by atoms with van der Waals surface area (Å²) >= 11 is 5.16. The molecule has 0 aliphatic carbocycles. The highest BCUT2D eigenvalue weighted by atomic mass is 79.9. The number of nitrogens with one attached hydrogen (secondary N) is 1. The number of para-hydroxylation sites is 1. The predicted molar refractivity (Wildman–Crippen MR) is 143 cm³/mol. The number of nitrogens with zero attached hydrogens (tertiary/aromatic N) is 3. The maximum atomic E-state index is 13.3. The number of unbranched alkanes of at least 4 members (excludes halogenated alkanes) is 1. The van der Waals surface area contributed by atoms with E-state index in [1.54, 1.807) is 16.8 Å². The summed E-state index contributed by atoms with van der Waals surface area (Å²) in [4.78, 5) is 18.3. The van der Waals surface area contributed by atoms with E-state index in [9.17, 15) is 4.79 Å². The number of hydrazone groups is 1. The number of halogens is 1. The van der Waals surface area contributed by atoms with Crippen molar-refractivity contribution in [3.8, 4) is 5.75 Å². The van der Waals surface area contributed by atoms with Gasteiger partial charge < -0.3 is 4.74 Å². The normalized spacial score (nSPS) is 16.6. The van der Waals surface area contributed by atoms with Gasteiger partial charge in [0.1, 0.15) is 18.1 Å². The lowest BCUT2D eigenvalue weighted by atomic mass is 10.1. The molecule has 1 N–H and O–H groups in total. The van der Waals surface area contributed by atoms with E-state index in [4.69, 9.17) is 14.8 Å². The molecular weight excluding hydrogens is 524 g/mol. The van der Waals surface area contributed by atoms with Gasteiger partial charge in [-0.2, -0.15) is 0 Å². The van der Waals surface area contributed by atoms with Crippen molar-refractivity contribution in [2.45, 2.75) is 32.5 Å². The first-order valence-corrected chi connectivity index (χ1v) is 13.4. The molecule has 6 nitrogen and oxygen atoms in total. The number of hydrogen-bond donors (Lipinski definition) is 1. The first-order valence-electron chi connectivity index (χ1n) is 11.6. The Bertz CT molecular complexity index is 1390. The fraction of sp³-hybridized carbons (Fsp3) is 0.222. The summed E-state index contributed by atoms with van der Waals surface area (Å²) in [5.41, 5.74) is 2.40. The fourth-order valence-corrected chi connectivity index (χ4v) is 5.31. The van der Waals surface area contributed by atoms with Crippen molar-refractivity contribution in [1.82, 2.24) is 10.3 Å². The zero-order valence-corrected chi connectivity index (χ0v) is 21.7. The molecule has 0 radical (unpaired) electrons. The van der Waals surface area contributed by atoms with E-state index in [1.807, 2.05) is 72.8 Å². The van der Waals surface area contributed by atoms with Crippen LogP contribution < -0.4 is 20.6 Å². The smallest absolute Gasteiger partial charge is 0.276 e. The van der Waals surface area contributed by atoms with Crippen LogP contribution in [-0.2, 0) is 11.4 Å². The van der Waals surface area contributed by atoms with Crippen LogP contribution in [0.3, 0.4) is 0 Å². The molecule has 3 aromatic carbocycles. The van der Waals surface area contributed by atoms with Crippen molar-refractivity contribution in [2.24, 2.45) is 10.1 Å². The molecule has 2 aliphatic heterocycles. The van der Waals surface area contributed by atoms with E-state index >= 15 is 0 Å². The molecule has 0 unspecified atom stereocenters. The highest BCUT2D eigenvalue weighted by Crippen LogP contribution is 2.37.